The zero-order valence-corrected chi connectivity index (χ0v) is 13.5. The van der Waals surface area contributed by atoms with E-state index in [4.69, 9.17) is 5.73 Å². The first-order valence-corrected chi connectivity index (χ1v) is 8.08. The Bertz CT molecular complexity index is 444. The minimum Gasteiger partial charge on any atom is -0.368 e. The van der Waals surface area contributed by atoms with Crippen LogP contribution in [0.25, 0.3) is 0 Å². The van der Waals surface area contributed by atoms with Crippen LogP contribution >= 0.6 is 0 Å². The zero-order chi connectivity index (χ0) is 15.2. The average Bonchev–Trinajstić information content (AvgIpc) is 3.21. The number of nitrogens with two attached hydrogens (primary N) is 1. The number of anilines is 3. The Morgan fingerprint density at radius 2 is 2.05 bits per heavy atom. The quantitative estimate of drug-likeness (QED) is 0.728. The average molecular weight is 292 g/mol. The maximum atomic E-state index is 5.84. The van der Waals surface area contributed by atoms with E-state index in [1.165, 1.54) is 12.8 Å². The molecule has 0 amide bonds. The number of hydrogen-bond acceptors (Lipinski definition) is 6. The monoisotopic (exact) mass is 292 g/mol. The van der Waals surface area contributed by atoms with Gasteiger partial charge >= 0.3 is 0 Å². The molecule has 2 rings (SSSR count). The fraction of sp³-hybridized carbons (Fsp3) is 0.800. The van der Waals surface area contributed by atoms with Crippen LogP contribution in [-0.4, -0.2) is 34.6 Å². The number of aromatic nitrogens is 3. The molecule has 0 bridgehead atoms. The topological polar surface area (TPSA) is 80.0 Å². The van der Waals surface area contributed by atoms with Gasteiger partial charge in [0.15, 0.2) is 0 Å². The highest BCUT2D eigenvalue weighted by atomic mass is 15.3. The SMILES string of the molecule is CCCN(CC1CC1)c1nc(N)nc(NCCC(C)C)n1. The van der Waals surface area contributed by atoms with Crippen molar-refractivity contribution in [2.24, 2.45) is 11.8 Å². The number of rotatable bonds is 9. The molecule has 0 saturated heterocycles. The van der Waals surface area contributed by atoms with E-state index in [0.29, 0.717) is 23.8 Å². The fourth-order valence-electron chi connectivity index (χ4n) is 2.23. The second-order valence-corrected chi connectivity index (χ2v) is 6.32. The number of nitrogens with zero attached hydrogens (tertiary/aromatic N) is 4. The van der Waals surface area contributed by atoms with E-state index in [0.717, 1.165) is 38.4 Å². The summed E-state index contributed by atoms with van der Waals surface area (Å²) in [5, 5.41) is 3.25. The molecule has 0 radical (unpaired) electrons. The van der Waals surface area contributed by atoms with Crippen LogP contribution in [0.1, 0.15) is 46.5 Å². The lowest BCUT2D eigenvalue weighted by Gasteiger charge is -2.22. The van der Waals surface area contributed by atoms with Gasteiger partial charge in [-0.1, -0.05) is 20.8 Å². The van der Waals surface area contributed by atoms with Gasteiger partial charge in [0.2, 0.25) is 17.8 Å². The summed E-state index contributed by atoms with van der Waals surface area (Å²) in [7, 11) is 0. The first-order valence-electron chi connectivity index (χ1n) is 8.08. The molecule has 118 valence electrons. The highest BCUT2D eigenvalue weighted by molar-refractivity contribution is 5.42. The first kappa shape index (κ1) is 15.8. The van der Waals surface area contributed by atoms with Crippen LogP contribution in [0, 0.1) is 11.8 Å². The number of nitrogen functional groups attached to an aromatic ring is 1. The standard InChI is InChI=1S/C15H28N6/c1-4-9-21(10-12-5-6-12)15-19-13(16)18-14(20-15)17-8-7-11(2)3/h11-12H,4-10H2,1-3H3,(H3,16,17,18,19,20). The van der Waals surface area contributed by atoms with Gasteiger partial charge in [-0.3, -0.25) is 0 Å². The van der Waals surface area contributed by atoms with Gasteiger partial charge in [0.05, 0.1) is 0 Å². The van der Waals surface area contributed by atoms with E-state index in [1.807, 2.05) is 0 Å². The first-order chi connectivity index (χ1) is 10.1. The van der Waals surface area contributed by atoms with Crippen LogP contribution in [0.2, 0.25) is 0 Å². The van der Waals surface area contributed by atoms with E-state index < -0.39 is 0 Å². The molecule has 6 heteroatoms. The van der Waals surface area contributed by atoms with Crippen molar-refractivity contribution < 1.29 is 0 Å². The van der Waals surface area contributed by atoms with Crippen molar-refractivity contribution in [3.63, 3.8) is 0 Å². The van der Waals surface area contributed by atoms with Gasteiger partial charge in [-0.15, -0.1) is 0 Å². The third-order valence-electron chi connectivity index (χ3n) is 3.60. The minimum atomic E-state index is 0.295. The summed E-state index contributed by atoms with van der Waals surface area (Å²) in [4.78, 5) is 15.3. The van der Waals surface area contributed by atoms with Crippen LogP contribution in [0.4, 0.5) is 17.8 Å². The largest absolute Gasteiger partial charge is 0.368 e. The minimum absolute atomic E-state index is 0.295. The Hall–Kier alpha value is -1.59. The number of hydrogen-bond donors (Lipinski definition) is 2. The molecule has 0 atom stereocenters. The van der Waals surface area contributed by atoms with Gasteiger partial charge in [0, 0.05) is 19.6 Å². The van der Waals surface area contributed by atoms with E-state index in [-0.39, 0.29) is 0 Å². The normalized spacial score (nSPS) is 14.5. The summed E-state index contributed by atoms with van der Waals surface area (Å²) in [6.07, 6.45) is 4.80. The molecule has 1 aliphatic rings. The molecule has 0 unspecified atom stereocenters. The van der Waals surface area contributed by atoms with Crippen molar-refractivity contribution in [2.45, 2.75) is 46.5 Å². The molecular formula is C15H28N6. The van der Waals surface area contributed by atoms with Gasteiger partial charge in [-0.2, -0.15) is 15.0 Å². The Kier molecular flexibility index (Phi) is 5.59. The van der Waals surface area contributed by atoms with Crippen LogP contribution in [0.3, 0.4) is 0 Å². The van der Waals surface area contributed by atoms with Crippen LogP contribution in [0.15, 0.2) is 0 Å². The van der Waals surface area contributed by atoms with Crippen molar-refractivity contribution >= 4 is 17.8 Å². The maximum absolute atomic E-state index is 5.84. The van der Waals surface area contributed by atoms with Crippen LogP contribution < -0.4 is 16.0 Å². The Balaban J connectivity index is 2.04. The van der Waals surface area contributed by atoms with E-state index >= 15 is 0 Å². The van der Waals surface area contributed by atoms with Crippen molar-refractivity contribution in [2.75, 3.05) is 35.6 Å². The maximum Gasteiger partial charge on any atom is 0.231 e. The second-order valence-electron chi connectivity index (χ2n) is 6.32. The van der Waals surface area contributed by atoms with Crippen molar-refractivity contribution in [1.29, 1.82) is 0 Å². The molecule has 6 nitrogen and oxygen atoms in total. The molecule has 1 aromatic heterocycles. The Labute approximate surface area is 127 Å². The highest BCUT2D eigenvalue weighted by Crippen LogP contribution is 2.31. The highest BCUT2D eigenvalue weighted by Gasteiger charge is 2.25. The summed E-state index contributed by atoms with van der Waals surface area (Å²) in [5.74, 6) is 3.05. The van der Waals surface area contributed by atoms with Crippen LogP contribution in [0.5, 0.6) is 0 Å². The molecule has 3 N–H and O–H groups in total. The molecule has 1 aromatic rings. The molecule has 1 fully saturated rings. The molecule has 1 saturated carbocycles. The van der Waals surface area contributed by atoms with Gasteiger partial charge < -0.3 is 16.0 Å². The molecule has 0 spiro atoms. The third kappa shape index (κ3) is 5.36. The summed E-state index contributed by atoms with van der Waals surface area (Å²) in [6.45, 7) is 9.43. The molecule has 21 heavy (non-hydrogen) atoms. The van der Waals surface area contributed by atoms with E-state index in [2.05, 4.69) is 45.9 Å². The molecule has 1 heterocycles. The molecule has 0 aliphatic heterocycles. The summed E-state index contributed by atoms with van der Waals surface area (Å²) < 4.78 is 0. The van der Waals surface area contributed by atoms with Crippen molar-refractivity contribution in [3.05, 3.63) is 0 Å². The van der Waals surface area contributed by atoms with Crippen LogP contribution in [-0.2, 0) is 0 Å². The van der Waals surface area contributed by atoms with Gasteiger partial charge in [0.1, 0.15) is 0 Å². The lowest BCUT2D eigenvalue weighted by molar-refractivity contribution is 0.605. The Morgan fingerprint density at radius 3 is 2.67 bits per heavy atom. The Morgan fingerprint density at radius 1 is 1.29 bits per heavy atom. The molecule has 0 aromatic carbocycles. The lowest BCUT2D eigenvalue weighted by atomic mass is 10.1. The van der Waals surface area contributed by atoms with E-state index in [9.17, 15) is 0 Å². The summed E-state index contributed by atoms with van der Waals surface area (Å²) in [5.41, 5.74) is 5.84. The fourth-order valence-corrected chi connectivity index (χ4v) is 2.23. The predicted molar refractivity (Wildman–Crippen MR) is 87.4 cm³/mol. The van der Waals surface area contributed by atoms with Crippen molar-refractivity contribution in [3.8, 4) is 0 Å². The zero-order valence-electron chi connectivity index (χ0n) is 13.5. The smallest absolute Gasteiger partial charge is 0.231 e. The van der Waals surface area contributed by atoms with Gasteiger partial charge in [0.25, 0.3) is 0 Å². The second kappa shape index (κ2) is 7.43. The van der Waals surface area contributed by atoms with E-state index in [1.54, 1.807) is 0 Å². The summed E-state index contributed by atoms with van der Waals surface area (Å²) >= 11 is 0. The molecule has 1 aliphatic carbocycles. The van der Waals surface area contributed by atoms with Gasteiger partial charge in [-0.05, 0) is 37.5 Å². The molecular weight excluding hydrogens is 264 g/mol. The summed E-state index contributed by atoms with van der Waals surface area (Å²) in [6, 6.07) is 0. The van der Waals surface area contributed by atoms with Crippen molar-refractivity contribution in [1.82, 2.24) is 15.0 Å². The lowest BCUT2D eigenvalue weighted by Crippen LogP contribution is -2.29. The predicted octanol–water partition coefficient (Wildman–Crippen LogP) is 2.54. The van der Waals surface area contributed by atoms with Gasteiger partial charge in [-0.25, -0.2) is 0 Å². The third-order valence-corrected chi connectivity index (χ3v) is 3.60. The number of nitrogens with one attached hydrogen (secondary N) is 1.